The highest BCUT2D eigenvalue weighted by Crippen LogP contribution is 2.15. The summed E-state index contributed by atoms with van der Waals surface area (Å²) in [6.07, 6.45) is 4.68. The van der Waals surface area contributed by atoms with Crippen molar-refractivity contribution in [2.75, 3.05) is 7.11 Å². The van der Waals surface area contributed by atoms with Crippen molar-refractivity contribution in [1.82, 2.24) is 5.32 Å². The van der Waals surface area contributed by atoms with E-state index < -0.39 is 6.04 Å². The Labute approximate surface area is 133 Å². The molecule has 22 heavy (non-hydrogen) atoms. The predicted octanol–water partition coefficient (Wildman–Crippen LogP) is 3.79. The Morgan fingerprint density at radius 3 is 2.41 bits per heavy atom. The number of nitro groups is 1. The molecule has 1 aromatic rings. The van der Waals surface area contributed by atoms with Crippen LogP contribution in [0, 0.1) is 10.1 Å². The number of methoxy groups -OCH3 is 1. The lowest BCUT2D eigenvalue weighted by molar-refractivity contribution is -0.527. The Hall–Kier alpha value is -1.62. The molecular weight excluding hydrogens is 280 g/mol. The minimum atomic E-state index is -0.518. The summed E-state index contributed by atoms with van der Waals surface area (Å²) in [5.74, 6) is 0.819. The van der Waals surface area contributed by atoms with E-state index in [4.69, 9.17) is 4.74 Å². The lowest BCUT2D eigenvalue weighted by Gasteiger charge is -2.21. The van der Waals surface area contributed by atoms with E-state index in [9.17, 15) is 10.1 Å². The van der Waals surface area contributed by atoms with Crippen LogP contribution in [0.4, 0.5) is 0 Å². The lowest BCUT2D eigenvalue weighted by atomic mass is 9.99. The van der Waals surface area contributed by atoms with Gasteiger partial charge in [-0.3, -0.25) is 10.1 Å². The van der Waals surface area contributed by atoms with E-state index in [2.05, 4.69) is 12.2 Å². The second-order valence-electron chi connectivity index (χ2n) is 5.59. The van der Waals surface area contributed by atoms with E-state index in [1.54, 1.807) is 7.11 Å². The van der Waals surface area contributed by atoms with Gasteiger partial charge in [-0.25, -0.2) is 0 Å². The van der Waals surface area contributed by atoms with E-state index in [0.717, 1.165) is 37.0 Å². The fourth-order valence-electron chi connectivity index (χ4n) is 2.62. The number of rotatable bonds is 11. The predicted molar refractivity (Wildman–Crippen MR) is 88.8 cm³/mol. The number of ether oxygens (including phenoxy) is 1. The molecule has 5 nitrogen and oxygen atoms in total. The second kappa shape index (κ2) is 10.2. The maximum Gasteiger partial charge on any atom is 0.227 e. The maximum atomic E-state index is 11.2. The van der Waals surface area contributed by atoms with Crippen molar-refractivity contribution in [3.8, 4) is 5.75 Å². The van der Waals surface area contributed by atoms with Gasteiger partial charge in [0.1, 0.15) is 5.75 Å². The standard InChI is InChI=1S/C17H28N2O3/c1-4-6-7-8-16(17(5-2)19(20)21)18-13-14-9-11-15(22-3)12-10-14/h9-12,16-18H,4-8,13H2,1-3H3/t16-,17+/m0/s1. The van der Waals surface area contributed by atoms with Gasteiger partial charge in [-0.1, -0.05) is 45.2 Å². The molecular formula is C17H28N2O3. The highest BCUT2D eigenvalue weighted by atomic mass is 16.6. The summed E-state index contributed by atoms with van der Waals surface area (Å²) >= 11 is 0. The Morgan fingerprint density at radius 2 is 1.91 bits per heavy atom. The van der Waals surface area contributed by atoms with Gasteiger partial charge in [0.05, 0.1) is 13.2 Å². The van der Waals surface area contributed by atoms with Crippen LogP contribution < -0.4 is 10.1 Å². The average molecular weight is 308 g/mol. The molecule has 0 aliphatic heterocycles. The highest BCUT2D eigenvalue weighted by molar-refractivity contribution is 5.27. The van der Waals surface area contributed by atoms with Gasteiger partial charge in [0, 0.05) is 17.9 Å². The number of nitrogens with one attached hydrogen (secondary N) is 1. The van der Waals surface area contributed by atoms with Crippen LogP contribution in [0.2, 0.25) is 0 Å². The van der Waals surface area contributed by atoms with Gasteiger partial charge in [-0.2, -0.15) is 0 Å². The first-order valence-corrected chi connectivity index (χ1v) is 8.12. The lowest BCUT2D eigenvalue weighted by Crippen LogP contribution is -2.43. The van der Waals surface area contributed by atoms with Gasteiger partial charge in [0.15, 0.2) is 0 Å². The number of hydrogen-bond donors (Lipinski definition) is 1. The van der Waals surface area contributed by atoms with Crippen molar-refractivity contribution < 1.29 is 9.66 Å². The quantitative estimate of drug-likeness (QED) is 0.384. The number of hydrogen-bond acceptors (Lipinski definition) is 4. The Bertz CT molecular complexity index is 434. The van der Waals surface area contributed by atoms with E-state index in [-0.39, 0.29) is 11.0 Å². The Balaban J connectivity index is 2.63. The first kappa shape index (κ1) is 18.4. The largest absolute Gasteiger partial charge is 0.497 e. The average Bonchev–Trinajstić information content (AvgIpc) is 2.53. The summed E-state index contributed by atoms with van der Waals surface area (Å²) in [5.41, 5.74) is 1.11. The van der Waals surface area contributed by atoms with Crippen LogP contribution in [-0.4, -0.2) is 24.1 Å². The van der Waals surface area contributed by atoms with E-state index in [0.29, 0.717) is 13.0 Å². The molecule has 1 aromatic carbocycles. The molecule has 0 bridgehead atoms. The number of nitrogens with zero attached hydrogens (tertiary/aromatic N) is 1. The molecule has 0 aromatic heterocycles. The first-order chi connectivity index (χ1) is 10.6. The molecule has 0 saturated carbocycles. The summed E-state index contributed by atoms with van der Waals surface area (Å²) < 4.78 is 5.14. The fraction of sp³-hybridized carbons (Fsp3) is 0.647. The van der Waals surface area contributed by atoms with Crippen LogP contribution in [-0.2, 0) is 6.54 Å². The smallest absolute Gasteiger partial charge is 0.227 e. The molecule has 0 aliphatic carbocycles. The van der Waals surface area contributed by atoms with Crippen LogP contribution in [0.25, 0.3) is 0 Å². The van der Waals surface area contributed by atoms with Crippen molar-refractivity contribution in [3.05, 3.63) is 39.9 Å². The van der Waals surface area contributed by atoms with Crippen LogP contribution in [0.15, 0.2) is 24.3 Å². The van der Waals surface area contributed by atoms with Gasteiger partial charge in [0.2, 0.25) is 6.04 Å². The van der Waals surface area contributed by atoms with E-state index in [1.165, 1.54) is 0 Å². The van der Waals surface area contributed by atoms with Gasteiger partial charge in [-0.15, -0.1) is 0 Å². The summed E-state index contributed by atoms with van der Waals surface area (Å²) in [4.78, 5) is 11.1. The fourth-order valence-corrected chi connectivity index (χ4v) is 2.62. The summed E-state index contributed by atoms with van der Waals surface area (Å²) in [6.45, 7) is 4.67. The zero-order valence-corrected chi connectivity index (χ0v) is 13.9. The first-order valence-electron chi connectivity index (χ1n) is 8.12. The third kappa shape index (κ3) is 6.02. The van der Waals surface area contributed by atoms with Crippen LogP contribution in [0.5, 0.6) is 5.75 Å². The molecule has 0 amide bonds. The molecule has 0 unspecified atom stereocenters. The molecule has 0 saturated heterocycles. The van der Waals surface area contributed by atoms with Gasteiger partial charge in [0.25, 0.3) is 0 Å². The minimum Gasteiger partial charge on any atom is -0.497 e. The zero-order valence-electron chi connectivity index (χ0n) is 13.9. The van der Waals surface area contributed by atoms with Crippen molar-refractivity contribution in [3.63, 3.8) is 0 Å². The van der Waals surface area contributed by atoms with E-state index in [1.807, 2.05) is 31.2 Å². The van der Waals surface area contributed by atoms with Gasteiger partial charge < -0.3 is 10.1 Å². The molecule has 2 atom stereocenters. The number of benzene rings is 1. The molecule has 124 valence electrons. The highest BCUT2D eigenvalue weighted by Gasteiger charge is 2.28. The van der Waals surface area contributed by atoms with Crippen LogP contribution >= 0.6 is 0 Å². The monoisotopic (exact) mass is 308 g/mol. The SMILES string of the molecule is CCCCC[C@H](NCc1ccc(OC)cc1)[C@@H](CC)[N+](=O)[O-]. The third-order valence-electron chi connectivity index (χ3n) is 4.00. The Morgan fingerprint density at radius 1 is 1.23 bits per heavy atom. The molecule has 5 heteroatoms. The van der Waals surface area contributed by atoms with Crippen molar-refractivity contribution >= 4 is 0 Å². The molecule has 0 fully saturated rings. The normalized spacial score (nSPS) is 13.6. The van der Waals surface area contributed by atoms with Crippen LogP contribution in [0.3, 0.4) is 0 Å². The van der Waals surface area contributed by atoms with Gasteiger partial charge in [-0.05, 0) is 24.1 Å². The van der Waals surface area contributed by atoms with Crippen molar-refractivity contribution in [2.24, 2.45) is 0 Å². The van der Waals surface area contributed by atoms with E-state index >= 15 is 0 Å². The number of unbranched alkanes of at least 4 members (excludes halogenated alkanes) is 2. The zero-order chi connectivity index (χ0) is 16.4. The summed E-state index contributed by atoms with van der Waals surface area (Å²) in [5, 5.41) is 14.6. The van der Waals surface area contributed by atoms with Gasteiger partial charge >= 0.3 is 0 Å². The summed E-state index contributed by atoms with van der Waals surface area (Å²) in [7, 11) is 1.64. The summed E-state index contributed by atoms with van der Waals surface area (Å²) in [6, 6.07) is 7.20. The third-order valence-corrected chi connectivity index (χ3v) is 4.00. The Kier molecular flexibility index (Phi) is 8.51. The molecule has 0 radical (unpaired) electrons. The van der Waals surface area contributed by atoms with Crippen molar-refractivity contribution in [1.29, 1.82) is 0 Å². The van der Waals surface area contributed by atoms with Crippen LogP contribution in [0.1, 0.15) is 51.5 Å². The maximum absolute atomic E-state index is 11.2. The molecule has 0 spiro atoms. The minimum absolute atomic E-state index is 0.0753. The molecule has 0 heterocycles. The van der Waals surface area contributed by atoms with Crippen molar-refractivity contribution in [2.45, 2.75) is 64.6 Å². The molecule has 1 rings (SSSR count). The topological polar surface area (TPSA) is 64.4 Å². The second-order valence-corrected chi connectivity index (χ2v) is 5.59. The molecule has 1 N–H and O–H groups in total. The molecule has 0 aliphatic rings.